The summed E-state index contributed by atoms with van der Waals surface area (Å²) in [4.78, 5) is 34.6. The fourth-order valence-electron chi connectivity index (χ4n) is 3.25. The number of hydrogen-bond donors (Lipinski definition) is 0. The van der Waals surface area contributed by atoms with Crippen molar-refractivity contribution in [1.82, 2.24) is 0 Å². The van der Waals surface area contributed by atoms with Crippen molar-refractivity contribution in [1.29, 1.82) is 0 Å². The molecular weight excluding hydrogens is 451 g/mol. The Labute approximate surface area is 180 Å². The molecule has 1 spiro atoms. The Morgan fingerprint density at radius 1 is 1.00 bits per heavy atom. The molecule has 0 amide bonds. The molecule has 1 unspecified atom stereocenters. The van der Waals surface area contributed by atoms with Crippen LogP contribution < -0.4 is 0 Å². The summed E-state index contributed by atoms with van der Waals surface area (Å²) in [7, 11) is 0. The first-order valence-electron chi connectivity index (χ1n) is 9.95. The maximum atomic E-state index is 13.2. The lowest BCUT2D eigenvalue weighted by Crippen LogP contribution is -2.57. The van der Waals surface area contributed by atoms with Gasteiger partial charge in [0.1, 0.15) is 19.6 Å². The number of alkyl halides is 5. The lowest BCUT2D eigenvalue weighted by atomic mass is 9.90. The van der Waals surface area contributed by atoms with Crippen molar-refractivity contribution in [3.8, 4) is 0 Å². The van der Waals surface area contributed by atoms with Gasteiger partial charge in [0.25, 0.3) is 0 Å². The molecule has 0 aromatic heterocycles. The molecule has 8 nitrogen and oxygen atoms in total. The molecule has 2 aliphatic rings. The number of carbonyl (C=O) groups excluding carboxylic acids is 3. The van der Waals surface area contributed by atoms with Crippen LogP contribution in [0.25, 0.3) is 0 Å². The quantitative estimate of drug-likeness (QED) is 0.300. The Morgan fingerprint density at radius 3 is 2.06 bits per heavy atom. The summed E-state index contributed by atoms with van der Waals surface area (Å²) >= 11 is 0. The molecule has 184 valence electrons. The Kier molecular flexibility index (Phi) is 8.08. The van der Waals surface area contributed by atoms with Gasteiger partial charge in [0, 0.05) is 19.8 Å². The van der Waals surface area contributed by atoms with E-state index in [1.165, 1.54) is 6.92 Å². The molecular formula is C19H25F5O8. The summed E-state index contributed by atoms with van der Waals surface area (Å²) in [6, 6.07) is 0. The van der Waals surface area contributed by atoms with E-state index in [1.54, 1.807) is 0 Å². The monoisotopic (exact) mass is 476 g/mol. The fraction of sp³-hybridized carbons (Fsp3) is 0.842. The number of ether oxygens (including phenoxy) is 5. The van der Waals surface area contributed by atoms with Crippen molar-refractivity contribution in [2.45, 2.75) is 69.9 Å². The van der Waals surface area contributed by atoms with Crippen LogP contribution in [0.1, 0.15) is 46.0 Å². The Bertz CT molecular complexity index is 695. The minimum Gasteiger partial charge on any atom is -0.465 e. The predicted octanol–water partition coefficient (Wildman–Crippen LogP) is 2.92. The maximum Gasteiger partial charge on any atom is 0.399 e. The topological polar surface area (TPSA) is 97.4 Å². The molecule has 0 bridgehead atoms. The van der Waals surface area contributed by atoms with E-state index >= 15 is 0 Å². The zero-order valence-electron chi connectivity index (χ0n) is 17.6. The smallest absolute Gasteiger partial charge is 0.399 e. The summed E-state index contributed by atoms with van der Waals surface area (Å²) in [5.74, 6) is -9.13. The summed E-state index contributed by atoms with van der Waals surface area (Å²) in [6.45, 7) is 0.322. The van der Waals surface area contributed by atoms with E-state index in [2.05, 4.69) is 0 Å². The van der Waals surface area contributed by atoms with E-state index in [-0.39, 0.29) is 39.1 Å². The highest BCUT2D eigenvalue weighted by molar-refractivity contribution is 5.77. The van der Waals surface area contributed by atoms with Crippen LogP contribution in [0.5, 0.6) is 0 Å². The van der Waals surface area contributed by atoms with Crippen LogP contribution in [-0.2, 0) is 38.1 Å². The standard InChI is InChI=1S/C19H25F5O8/c1-3-13(25)28-8-17(9-29-14(26)7-19(22,23)24)10-30-18(31-11-17)6-4-5-12(18)32-15(27)16(2,20)21/h12H,3-11H2,1-2H3. The minimum atomic E-state index is -4.76. The van der Waals surface area contributed by atoms with Gasteiger partial charge in [-0.1, -0.05) is 6.92 Å². The molecule has 1 saturated heterocycles. The van der Waals surface area contributed by atoms with Crippen LogP contribution in [0.4, 0.5) is 22.0 Å². The van der Waals surface area contributed by atoms with E-state index in [1.807, 2.05) is 0 Å². The SMILES string of the molecule is CCC(=O)OCC1(COC(=O)CC(F)(F)F)COC2(CCCC2OC(=O)C(C)(F)F)OC1. The first-order valence-corrected chi connectivity index (χ1v) is 9.95. The number of carbonyl (C=O) groups is 3. The van der Waals surface area contributed by atoms with Gasteiger partial charge in [0.05, 0.1) is 18.6 Å². The molecule has 32 heavy (non-hydrogen) atoms. The number of hydrogen-bond acceptors (Lipinski definition) is 8. The Balaban J connectivity index is 2.08. The second kappa shape index (κ2) is 9.86. The molecule has 0 aromatic rings. The molecule has 1 atom stereocenters. The summed E-state index contributed by atoms with van der Waals surface area (Å²) in [6.07, 6.45) is -6.83. The highest BCUT2D eigenvalue weighted by Gasteiger charge is 2.55. The van der Waals surface area contributed by atoms with Crippen LogP contribution in [0.3, 0.4) is 0 Å². The first-order chi connectivity index (χ1) is 14.7. The van der Waals surface area contributed by atoms with Crippen LogP contribution in [-0.4, -0.2) is 68.3 Å². The maximum absolute atomic E-state index is 13.2. The second-order valence-electron chi connectivity index (χ2n) is 8.03. The largest absolute Gasteiger partial charge is 0.465 e. The Morgan fingerprint density at radius 2 is 1.56 bits per heavy atom. The molecule has 1 aliphatic heterocycles. The summed E-state index contributed by atoms with van der Waals surface area (Å²) in [5, 5.41) is 0. The van der Waals surface area contributed by atoms with E-state index in [4.69, 9.17) is 23.7 Å². The van der Waals surface area contributed by atoms with Gasteiger partial charge in [-0.05, 0) is 12.8 Å². The van der Waals surface area contributed by atoms with Crippen molar-refractivity contribution in [3.63, 3.8) is 0 Å². The van der Waals surface area contributed by atoms with Gasteiger partial charge in [-0.2, -0.15) is 22.0 Å². The van der Waals surface area contributed by atoms with E-state index in [0.717, 1.165) is 0 Å². The zero-order valence-corrected chi connectivity index (χ0v) is 17.6. The van der Waals surface area contributed by atoms with E-state index in [9.17, 15) is 36.3 Å². The third-order valence-electron chi connectivity index (χ3n) is 5.05. The highest BCUT2D eigenvalue weighted by atomic mass is 19.4. The lowest BCUT2D eigenvalue weighted by Gasteiger charge is -2.45. The minimum absolute atomic E-state index is 0.0266. The van der Waals surface area contributed by atoms with Crippen molar-refractivity contribution in [2.24, 2.45) is 5.41 Å². The summed E-state index contributed by atoms with van der Waals surface area (Å²) < 4.78 is 89.7. The third kappa shape index (κ3) is 6.99. The van der Waals surface area contributed by atoms with Gasteiger partial charge in [0.2, 0.25) is 5.79 Å². The molecule has 13 heteroatoms. The van der Waals surface area contributed by atoms with Crippen molar-refractivity contribution in [3.05, 3.63) is 0 Å². The van der Waals surface area contributed by atoms with Crippen LogP contribution in [0.2, 0.25) is 0 Å². The molecule has 0 aromatic carbocycles. The number of rotatable bonds is 8. The zero-order chi connectivity index (χ0) is 24.2. The van der Waals surface area contributed by atoms with E-state index in [0.29, 0.717) is 13.3 Å². The fourth-order valence-corrected chi connectivity index (χ4v) is 3.25. The Hall–Kier alpha value is -2.02. The van der Waals surface area contributed by atoms with Crippen LogP contribution in [0, 0.1) is 5.41 Å². The second-order valence-corrected chi connectivity index (χ2v) is 8.03. The molecule has 1 heterocycles. The number of esters is 3. The lowest BCUT2D eigenvalue weighted by molar-refractivity contribution is -0.337. The van der Waals surface area contributed by atoms with Gasteiger partial charge in [-0.3, -0.25) is 9.59 Å². The molecule has 2 fully saturated rings. The molecule has 2 rings (SSSR count). The molecule has 1 saturated carbocycles. The summed E-state index contributed by atoms with van der Waals surface area (Å²) in [5.41, 5.74) is -1.33. The van der Waals surface area contributed by atoms with Crippen LogP contribution >= 0.6 is 0 Å². The van der Waals surface area contributed by atoms with Crippen molar-refractivity contribution >= 4 is 17.9 Å². The molecule has 0 N–H and O–H groups in total. The number of halogens is 5. The normalized spacial score (nSPS) is 28.4. The van der Waals surface area contributed by atoms with Crippen LogP contribution in [0.15, 0.2) is 0 Å². The average molecular weight is 476 g/mol. The van der Waals surface area contributed by atoms with Gasteiger partial charge in [-0.15, -0.1) is 0 Å². The average Bonchev–Trinajstić information content (AvgIpc) is 3.06. The van der Waals surface area contributed by atoms with Gasteiger partial charge >= 0.3 is 30.0 Å². The third-order valence-corrected chi connectivity index (χ3v) is 5.05. The molecule has 1 aliphatic carbocycles. The van der Waals surface area contributed by atoms with Gasteiger partial charge < -0.3 is 23.7 Å². The van der Waals surface area contributed by atoms with E-state index < -0.39 is 60.3 Å². The van der Waals surface area contributed by atoms with Gasteiger partial charge in [0.15, 0.2) is 6.10 Å². The first kappa shape index (κ1) is 26.2. The van der Waals surface area contributed by atoms with Crippen molar-refractivity contribution in [2.75, 3.05) is 26.4 Å². The highest BCUT2D eigenvalue weighted by Crippen LogP contribution is 2.43. The predicted molar refractivity (Wildman–Crippen MR) is 94.3 cm³/mol. The van der Waals surface area contributed by atoms with Gasteiger partial charge in [-0.25, -0.2) is 4.79 Å². The molecule has 0 radical (unpaired) electrons. The van der Waals surface area contributed by atoms with Crippen molar-refractivity contribution < 1.29 is 60.0 Å².